The van der Waals surface area contributed by atoms with Crippen LogP contribution in [0.15, 0.2) is 30.3 Å². The van der Waals surface area contributed by atoms with E-state index in [-0.39, 0.29) is 6.42 Å². The first-order valence-electron chi connectivity index (χ1n) is 10.5. The maximum atomic E-state index is 10.7. The number of aliphatic carboxylic acids is 1. The number of fused-ring (bicyclic) bond motifs is 3. The van der Waals surface area contributed by atoms with Crippen molar-refractivity contribution in [2.75, 3.05) is 11.9 Å². The molecule has 0 saturated heterocycles. The molecule has 1 aliphatic carbocycles. The zero-order valence-electron chi connectivity index (χ0n) is 16.6. The van der Waals surface area contributed by atoms with E-state index in [1.54, 1.807) is 0 Å². The Labute approximate surface area is 175 Å². The second-order valence-electron chi connectivity index (χ2n) is 7.67. The van der Waals surface area contributed by atoms with Gasteiger partial charge in [0, 0.05) is 24.3 Å². The Morgan fingerprint density at radius 3 is 2.72 bits per heavy atom. The lowest BCUT2D eigenvalue weighted by molar-refractivity contribution is -0.137. The number of aromatic nitrogens is 2. The molecule has 2 N–H and O–H groups in total. The first kappa shape index (κ1) is 19.8. The molecule has 0 spiro atoms. The molecule has 0 atom stereocenters. The maximum absolute atomic E-state index is 10.7. The third kappa shape index (κ3) is 4.93. The number of hydrogen-bond acceptors (Lipinski definition) is 5. The summed E-state index contributed by atoms with van der Waals surface area (Å²) in [6.07, 6.45) is 8.32. The summed E-state index contributed by atoms with van der Waals surface area (Å²) in [6, 6.07) is 10.4. The molecule has 0 aliphatic heterocycles. The minimum Gasteiger partial charge on any atom is -0.481 e. The van der Waals surface area contributed by atoms with Crippen molar-refractivity contribution in [1.82, 2.24) is 9.97 Å². The van der Waals surface area contributed by atoms with Gasteiger partial charge in [-0.25, -0.2) is 9.97 Å². The van der Waals surface area contributed by atoms with Gasteiger partial charge in [-0.1, -0.05) is 36.8 Å². The van der Waals surface area contributed by atoms with Crippen molar-refractivity contribution < 1.29 is 9.90 Å². The van der Waals surface area contributed by atoms with E-state index in [9.17, 15) is 4.79 Å². The van der Waals surface area contributed by atoms with Gasteiger partial charge >= 0.3 is 5.97 Å². The van der Waals surface area contributed by atoms with E-state index in [0.717, 1.165) is 61.5 Å². The monoisotopic (exact) mass is 409 g/mol. The fourth-order valence-corrected chi connectivity index (χ4v) is 5.25. The van der Waals surface area contributed by atoms with E-state index in [2.05, 4.69) is 17.4 Å². The zero-order chi connectivity index (χ0) is 20.1. The van der Waals surface area contributed by atoms with E-state index in [1.165, 1.54) is 34.2 Å². The van der Waals surface area contributed by atoms with Gasteiger partial charge in [0.05, 0.1) is 5.39 Å². The van der Waals surface area contributed by atoms with Gasteiger partial charge in [-0.15, -0.1) is 11.3 Å². The number of aryl methyl sites for hydroxylation is 2. The molecule has 1 aliphatic rings. The van der Waals surface area contributed by atoms with E-state index in [1.807, 2.05) is 29.5 Å². The number of carboxylic acids is 1. The molecule has 2 aromatic heterocycles. The fourth-order valence-electron chi connectivity index (χ4n) is 3.97. The average Bonchev–Trinajstić information content (AvgIpc) is 3.09. The van der Waals surface area contributed by atoms with Gasteiger partial charge < -0.3 is 10.4 Å². The number of carbonyl (C=O) groups is 1. The van der Waals surface area contributed by atoms with Crippen LogP contribution in [-0.2, 0) is 24.1 Å². The molecule has 3 aromatic rings. The SMILES string of the molecule is O=C(O)CCCCCNc1nc(Cc2ccccc2)nc2sc3c(c12)CCCC3. The lowest BCUT2D eigenvalue weighted by Crippen LogP contribution is -2.08. The Bertz CT molecular complexity index is 985. The van der Waals surface area contributed by atoms with Crippen LogP contribution in [0.2, 0.25) is 0 Å². The zero-order valence-corrected chi connectivity index (χ0v) is 17.4. The van der Waals surface area contributed by atoms with Gasteiger partial charge in [-0.2, -0.15) is 0 Å². The average molecular weight is 410 g/mol. The highest BCUT2D eigenvalue weighted by Gasteiger charge is 2.21. The second-order valence-corrected chi connectivity index (χ2v) is 8.76. The molecule has 0 saturated carbocycles. The number of thiophene rings is 1. The Kier molecular flexibility index (Phi) is 6.39. The number of nitrogens with one attached hydrogen (secondary N) is 1. The van der Waals surface area contributed by atoms with Gasteiger partial charge in [0.15, 0.2) is 0 Å². The van der Waals surface area contributed by atoms with Crippen LogP contribution in [0, 0.1) is 0 Å². The Hall–Kier alpha value is -2.47. The van der Waals surface area contributed by atoms with Crippen LogP contribution >= 0.6 is 11.3 Å². The van der Waals surface area contributed by atoms with Gasteiger partial charge in [0.1, 0.15) is 16.5 Å². The highest BCUT2D eigenvalue weighted by atomic mass is 32.1. The highest BCUT2D eigenvalue weighted by molar-refractivity contribution is 7.19. The third-order valence-corrected chi connectivity index (χ3v) is 6.61. The molecule has 0 fully saturated rings. The molecule has 5 nitrogen and oxygen atoms in total. The van der Waals surface area contributed by atoms with E-state index >= 15 is 0 Å². The third-order valence-electron chi connectivity index (χ3n) is 5.43. The van der Waals surface area contributed by atoms with Crippen molar-refractivity contribution in [1.29, 1.82) is 0 Å². The van der Waals surface area contributed by atoms with Crippen molar-refractivity contribution in [3.8, 4) is 0 Å². The van der Waals surface area contributed by atoms with Crippen LogP contribution in [0.1, 0.15) is 60.4 Å². The van der Waals surface area contributed by atoms with Crippen LogP contribution in [0.3, 0.4) is 0 Å². The first-order valence-corrected chi connectivity index (χ1v) is 11.3. The summed E-state index contributed by atoms with van der Waals surface area (Å²) < 4.78 is 0. The number of benzene rings is 1. The van der Waals surface area contributed by atoms with Crippen molar-refractivity contribution in [3.63, 3.8) is 0 Å². The molecule has 1 aromatic carbocycles. The highest BCUT2D eigenvalue weighted by Crippen LogP contribution is 2.38. The summed E-state index contributed by atoms with van der Waals surface area (Å²) in [6.45, 7) is 0.807. The van der Waals surface area contributed by atoms with Crippen LogP contribution in [-0.4, -0.2) is 27.6 Å². The van der Waals surface area contributed by atoms with Crippen LogP contribution in [0.4, 0.5) is 5.82 Å². The predicted molar refractivity (Wildman–Crippen MR) is 118 cm³/mol. The fraction of sp³-hybridized carbons (Fsp3) is 0.435. The largest absolute Gasteiger partial charge is 0.481 e. The number of unbranched alkanes of at least 4 members (excludes halogenated alkanes) is 2. The van der Waals surface area contributed by atoms with Gasteiger partial charge in [0.2, 0.25) is 0 Å². The van der Waals surface area contributed by atoms with Crippen LogP contribution < -0.4 is 5.32 Å². The topological polar surface area (TPSA) is 75.1 Å². The number of hydrogen-bond donors (Lipinski definition) is 2. The van der Waals surface area contributed by atoms with Crippen LogP contribution in [0.5, 0.6) is 0 Å². The van der Waals surface area contributed by atoms with E-state index in [4.69, 9.17) is 15.1 Å². The van der Waals surface area contributed by atoms with Gasteiger partial charge in [-0.05, 0) is 49.7 Å². The van der Waals surface area contributed by atoms with Crippen LogP contribution in [0.25, 0.3) is 10.2 Å². The van der Waals surface area contributed by atoms with Crippen molar-refractivity contribution in [3.05, 3.63) is 52.2 Å². The number of nitrogens with zero attached hydrogens (tertiary/aromatic N) is 2. The van der Waals surface area contributed by atoms with Gasteiger partial charge in [-0.3, -0.25) is 4.79 Å². The number of rotatable bonds is 9. The summed E-state index contributed by atoms with van der Waals surface area (Å²) in [5.74, 6) is 1.10. The smallest absolute Gasteiger partial charge is 0.303 e. The second kappa shape index (κ2) is 9.35. The quantitative estimate of drug-likeness (QED) is 0.474. The summed E-state index contributed by atoms with van der Waals surface area (Å²) in [4.78, 5) is 23.1. The minimum atomic E-state index is -0.717. The standard InChI is InChI=1S/C23H27N3O2S/c27-20(28)13-5-2-8-14-24-22-21-17-11-6-7-12-18(17)29-23(21)26-19(25-22)15-16-9-3-1-4-10-16/h1,3-4,9-10H,2,5-8,11-15H2,(H,27,28)(H,24,25,26). The lowest BCUT2D eigenvalue weighted by atomic mass is 9.97. The molecule has 152 valence electrons. The lowest BCUT2D eigenvalue weighted by Gasteiger charge is -2.13. The molecule has 0 bridgehead atoms. The maximum Gasteiger partial charge on any atom is 0.303 e. The summed E-state index contributed by atoms with van der Waals surface area (Å²) in [5, 5.41) is 13.5. The molecule has 0 unspecified atom stereocenters. The van der Waals surface area contributed by atoms with Crippen molar-refractivity contribution in [2.24, 2.45) is 0 Å². The Morgan fingerprint density at radius 2 is 1.90 bits per heavy atom. The molecule has 0 amide bonds. The molecule has 2 heterocycles. The summed E-state index contributed by atoms with van der Waals surface area (Å²) >= 11 is 1.83. The first-order chi connectivity index (χ1) is 14.2. The van der Waals surface area contributed by atoms with Crippen molar-refractivity contribution >= 4 is 33.3 Å². The molecular formula is C23H27N3O2S. The predicted octanol–water partition coefficient (Wildman–Crippen LogP) is 5.22. The van der Waals surface area contributed by atoms with Gasteiger partial charge in [0.25, 0.3) is 0 Å². The molecule has 4 rings (SSSR count). The molecule has 0 radical (unpaired) electrons. The normalized spacial score (nSPS) is 13.4. The Morgan fingerprint density at radius 1 is 1.07 bits per heavy atom. The molecule has 6 heteroatoms. The number of carboxylic acid groups (broad SMARTS) is 1. The summed E-state index contributed by atoms with van der Waals surface area (Å²) in [7, 11) is 0. The number of anilines is 1. The van der Waals surface area contributed by atoms with E-state index in [0.29, 0.717) is 0 Å². The van der Waals surface area contributed by atoms with Crippen molar-refractivity contribution in [2.45, 2.75) is 57.8 Å². The summed E-state index contributed by atoms with van der Waals surface area (Å²) in [5.41, 5.74) is 2.66. The molecular weight excluding hydrogens is 382 g/mol. The van der Waals surface area contributed by atoms with E-state index < -0.39 is 5.97 Å². The Balaban J connectivity index is 1.55. The minimum absolute atomic E-state index is 0.247. The molecule has 29 heavy (non-hydrogen) atoms.